The van der Waals surface area contributed by atoms with Gasteiger partial charge in [-0.05, 0) is 31.8 Å². The van der Waals surface area contributed by atoms with Crippen LogP contribution in [0.3, 0.4) is 0 Å². The number of aryl methyl sites for hydroxylation is 1. The Morgan fingerprint density at radius 3 is 2.63 bits per heavy atom. The van der Waals surface area contributed by atoms with Gasteiger partial charge in [-0.15, -0.1) is 0 Å². The summed E-state index contributed by atoms with van der Waals surface area (Å²) in [5, 5.41) is 12.1. The van der Waals surface area contributed by atoms with E-state index < -0.39 is 17.7 Å². The van der Waals surface area contributed by atoms with Crippen LogP contribution in [-0.2, 0) is 16.6 Å². The molecule has 4 rings (SSSR count). The van der Waals surface area contributed by atoms with Gasteiger partial charge >= 0.3 is 0 Å². The Labute approximate surface area is 174 Å². The second-order valence-electron chi connectivity index (χ2n) is 7.75. The van der Waals surface area contributed by atoms with E-state index in [1.54, 1.807) is 24.7 Å². The van der Waals surface area contributed by atoms with Gasteiger partial charge in [0.05, 0.1) is 11.6 Å². The molecule has 3 heterocycles. The van der Waals surface area contributed by atoms with Crippen molar-refractivity contribution in [2.45, 2.75) is 6.04 Å². The molecule has 1 amide bonds. The van der Waals surface area contributed by atoms with Crippen molar-refractivity contribution in [2.75, 3.05) is 27.2 Å². The lowest BCUT2D eigenvalue weighted by molar-refractivity contribution is -0.140. The molecule has 1 N–H and O–H groups in total. The third-order valence-electron chi connectivity index (χ3n) is 5.48. The van der Waals surface area contributed by atoms with Crippen molar-refractivity contribution in [3.8, 4) is 0 Å². The van der Waals surface area contributed by atoms with Crippen molar-refractivity contribution in [3.05, 3.63) is 71.7 Å². The summed E-state index contributed by atoms with van der Waals surface area (Å²) in [6.07, 6.45) is 5.06. The lowest BCUT2D eigenvalue weighted by Crippen LogP contribution is -2.35. The molecular weight excluding hydrogens is 380 g/mol. The molecule has 1 aromatic carbocycles. The largest absolute Gasteiger partial charge is 0.507 e. The molecule has 0 unspecified atom stereocenters. The monoisotopic (exact) mass is 404 g/mol. The van der Waals surface area contributed by atoms with Gasteiger partial charge in [0.1, 0.15) is 5.76 Å². The molecule has 0 aliphatic carbocycles. The molecule has 30 heavy (non-hydrogen) atoms. The van der Waals surface area contributed by atoms with Gasteiger partial charge in [-0.25, -0.2) is 0 Å². The number of hydrogen-bond acceptors (Lipinski definition) is 5. The number of hydrogen-bond donors (Lipinski definition) is 1. The quantitative estimate of drug-likeness (QED) is 0.402. The number of pyridine rings is 1. The van der Waals surface area contributed by atoms with Crippen molar-refractivity contribution < 1.29 is 14.7 Å². The molecule has 0 bridgehead atoms. The van der Waals surface area contributed by atoms with Crippen molar-refractivity contribution in [1.82, 2.24) is 19.4 Å². The number of nitrogens with zero attached hydrogens (tertiary/aromatic N) is 4. The second-order valence-corrected chi connectivity index (χ2v) is 7.75. The van der Waals surface area contributed by atoms with Crippen LogP contribution >= 0.6 is 0 Å². The number of para-hydroxylation sites is 1. The van der Waals surface area contributed by atoms with Crippen molar-refractivity contribution in [3.63, 3.8) is 0 Å². The molecule has 154 valence electrons. The van der Waals surface area contributed by atoms with Crippen LogP contribution in [0.5, 0.6) is 0 Å². The lowest BCUT2D eigenvalue weighted by atomic mass is 9.96. The summed E-state index contributed by atoms with van der Waals surface area (Å²) >= 11 is 0. The molecule has 7 heteroatoms. The highest BCUT2D eigenvalue weighted by Crippen LogP contribution is 2.40. The van der Waals surface area contributed by atoms with E-state index in [0.29, 0.717) is 24.2 Å². The van der Waals surface area contributed by atoms with Gasteiger partial charge in [-0.1, -0.05) is 24.3 Å². The number of ketones is 1. The minimum absolute atomic E-state index is 0.100. The van der Waals surface area contributed by atoms with Crippen molar-refractivity contribution >= 4 is 28.4 Å². The number of carbonyl (C=O) groups excluding carboxylic acids is 2. The minimum atomic E-state index is -0.683. The second kappa shape index (κ2) is 7.76. The highest BCUT2D eigenvalue weighted by Gasteiger charge is 2.46. The van der Waals surface area contributed by atoms with Crippen LogP contribution in [0.2, 0.25) is 0 Å². The Morgan fingerprint density at radius 2 is 1.93 bits per heavy atom. The molecule has 3 aromatic rings. The standard InChI is InChI=1S/C23H24N4O3/c1-25(2)11-12-27-20(15-7-6-10-24-13-15)19(22(29)23(27)30)21(28)17-14-26(3)18-9-5-4-8-16(17)18/h4-10,13-14,20,28H,11-12H2,1-3H3/t20-/m0/s1. The number of aromatic nitrogens is 2. The first-order valence-electron chi connectivity index (χ1n) is 9.77. The molecule has 1 atom stereocenters. The van der Waals surface area contributed by atoms with Crippen LogP contribution in [0.25, 0.3) is 16.7 Å². The zero-order valence-corrected chi connectivity index (χ0v) is 17.2. The summed E-state index contributed by atoms with van der Waals surface area (Å²) in [7, 11) is 5.70. The number of aliphatic hydroxyl groups excluding tert-OH is 1. The summed E-state index contributed by atoms with van der Waals surface area (Å²) < 4.78 is 1.89. The maximum atomic E-state index is 13.1. The Balaban J connectivity index is 1.91. The lowest BCUT2D eigenvalue weighted by Gasteiger charge is -2.26. The van der Waals surface area contributed by atoms with E-state index in [9.17, 15) is 14.7 Å². The summed E-state index contributed by atoms with van der Waals surface area (Å²) in [5.74, 6) is -1.44. The van der Waals surface area contributed by atoms with Crippen LogP contribution < -0.4 is 0 Å². The Bertz CT molecular complexity index is 1150. The predicted octanol–water partition coefficient (Wildman–Crippen LogP) is 2.56. The van der Waals surface area contributed by atoms with Gasteiger partial charge < -0.3 is 19.5 Å². The summed E-state index contributed by atoms with van der Waals surface area (Å²) in [6.45, 7) is 0.960. The van der Waals surface area contributed by atoms with E-state index in [2.05, 4.69) is 4.98 Å². The normalized spacial score (nSPS) is 18.7. The number of amides is 1. The highest BCUT2D eigenvalue weighted by molar-refractivity contribution is 6.46. The van der Waals surface area contributed by atoms with Crippen LogP contribution in [0.1, 0.15) is 17.2 Å². The van der Waals surface area contributed by atoms with Gasteiger partial charge in [0.2, 0.25) is 0 Å². The van der Waals surface area contributed by atoms with Crippen LogP contribution in [0, 0.1) is 0 Å². The SMILES string of the molecule is CN(C)CCN1C(=O)C(=O)C(=C(O)c2cn(C)c3ccccc23)[C@@H]1c1cccnc1. The zero-order chi connectivity index (χ0) is 21.4. The maximum Gasteiger partial charge on any atom is 0.295 e. The Kier molecular flexibility index (Phi) is 5.13. The third kappa shape index (κ3) is 3.27. The summed E-state index contributed by atoms with van der Waals surface area (Å²) in [5.41, 5.74) is 2.26. The molecule has 2 aromatic heterocycles. The van der Waals surface area contributed by atoms with E-state index in [1.807, 2.05) is 60.9 Å². The number of benzene rings is 1. The van der Waals surface area contributed by atoms with Gasteiger partial charge in [0.25, 0.3) is 11.7 Å². The van der Waals surface area contributed by atoms with Crippen molar-refractivity contribution in [1.29, 1.82) is 0 Å². The first-order valence-corrected chi connectivity index (χ1v) is 9.77. The van der Waals surface area contributed by atoms with Gasteiger partial charge in [0.15, 0.2) is 0 Å². The number of likely N-dealkylation sites (tertiary alicyclic amines) is 1. The number of aliphatic hydroxyl groups is 1. The topological polar surface area (TPSA) is 78.7 Å². The minimum Gasteiger partial charge on any atom is -0.507 e. The molecular formula is C23H24N4O3. The average molecular weight is 404 g/mol. The van der Waals surface area contributed by atoms with E-state index in [4.69, 9.17) is 0 Å². The van der Waals surface area contributed by atoms with Gasteiger partial charge in [-0.2, -0.15) is 0 Å². The first-order chi connectivity index (χ1) is 14.4. The zero-order valence-electron chi connectivity index (χ0n) is 17.2. The average Bonchev–Trinajstić information content (AvgIpc) is 3.21. The van der Waals surface area contributed by atoms with E-state index in [1.165, 1.54) is 4.90 Å². The van der Waals surface area contributed by atoms with E-state index >= 15 is 0 Å². The Morgan fingerprint density at radius 1 is 1.17 bits per heavy atom. The fourth-order valence-electron chi connectivity index (χ4n) is 3.98. The number of carbonyl (C=O) groups is 2. The number of rotatable bonds is 5. The number of Topliss-reactive ketones (excluding diaryl/α,β-unsaturated/α-hetero) is 1. The molecule has 0 saturated carbocycles. The van der Waals surface area contributed by atoms with Crippen LogP contribution in [0.4, 0.5) is 0 Å². The van der Waals surface area contributed by atoms with Crippen LogP contribution in [-0.4, -0.2) is 63.3 Å². The molecule has 0 radical (unpaired) electrons. The number of fused-ring (bicyclic) bond motifs is 1. The smallest absolute Gasteiger partial charge is 0.295 e. The fourth-order valence-corrected chi connectivity index (χ4v) is 3.98. The molecule has 7 nitrogen and oxygen atoms in total. The molecule has 1 fully saturated rings. The summed E-state index contributed by atoms with van der Waals surface area (Å²) in [6, 6.07) is 10.5. The maximum absolute atomic E-state index is 13.1. The molecule has 1 saturated heterocycles. The van der Waals surface area contributed by atoms with E-state index in [0.717, 1.165) is 10.9 Å². The molecule has 1 aliphatic rings. The fraction of sp³-hybridized carbons (Fsp3) is 0.261. The molecule has 0 spiro atoms. The highest BCUT2D eigenvalue weighted by atomic mass is 16.3. The van der Waals surface area contributed by atoms with Gasteiger partial charge in [-0.3, -0.25) is 14.6 Å². The molecule has 1 aliphatic heterocycles. The predicted molar refractivity (Wildman–Crippen MR) is 115 cm³/mol. The Hall–Kier alpha value is -3.45. The van der Waals surface area contributed by atoms with E-state index in [-0.39, 0.29) is 11.3 Å². The first kappa shape index (κ1) is 19.8. The van der Waals surface area contributed by atoms with Gasteiger partial charge in [0, 0.05) is 55.2 Å². The number of likely N-dealkylation sites (N-methyl/N-ethyl adjacent to an activating group) is 1. The third-order valence-corrected chi connectivity index (χ3v) is 5.48. The van der Waals surface area contributed by atoms with Crippen LogP contribution in [0.15, 0.2) is 60.6 Å². The summed E-state index contributed by atoms with van der Waals surface area (Å²) in [4.78, 5) is 33.6. The van der Waals surface area contributed by atoms with Crippen molar-refractivity contribution in [2.24, 2.45) is 7.05 Å².